The van der Waals surface area contributed by atoms with E-state index >= 15 is 0 Å². The number of amides is 2. The fraction of sp³-hybridized carbons (Fsp3) is 0.200. The lowest BCUT2D eigenvalue weighted by Crippen LogP contribution is -2.65. The number of β-lactam (4-membered cyclic amide) rings is 1. The normalized spacial score (nSPS) is 25.6. The Bertz CT molecular complexity index is 804. The van der Waals surface area contributed by atoms with Crippen LogP contribution >= 0.6 is 0 Å². The van der Waals surface area contributed by atoms with E-state index in [1.165, 1.54) is 0 Å². The molecule has 2 heterocycles. The molecule has 2 aliphatic heterocycles. The van der Waals surface area contributed by atoms with Gasteiger partial charge in [-0.15, -0.1) is 0 Å². The minimum Gasteiger partial charge on any atom is -0.447 e. The number of carbonyl (C=O) groups excluding carboxylic acids is 2. The smallest absolute Gasteiger partial charge is 0.412 e. The molecule has 4 rings (SSSR count). The van der Waals surface area contributed by atoms with Crippen molar-refractivity contribution in [2.24, 2.45) is 5.92 Å². The average Bonchev–Trinajstić information content (AvgIpc) is 3.02. The minimum absolute atomic E-state index is 0.0799. The Kier molecular flexibility index (Phi) is 3.98. The fourth-order valence-electron chi connectivity index (χ4n) is 3.26. The third kappa shape index (κ3) is 2.89. The monoisotopic (exact) mass is 334 g/mol. The third-order valence-electron chi connectivity index (χ3n) is 4.62. The Morgan fingerprint density at radius 1 is 1.00 bits per heavy atom. The van der Waals surface area contributed by atoms with Crippen LogP contribution in [0.3, 0.4) is 0 Å². The molecule has 2 aromatic rings. The van der Waals surface area contributed by atoms with Gasteiger partial charge in [-0.05, 0) is 11.1 Å². The first-order chi connectivity index (χ1) is 12.2. The molecule has 2 aliphatic rings. The van der Waals surface area contributed by atoms with Gasteiger partial charge in [0.2, 0.25) is 5.91 Å². The van der Waals surface area contributed by atoms with Gasteiger partial charge in [-0.3, -0.25) is 9.69 Å². The van der Waals surface area contributed by atoms with Gasteiger partial charge in [-0.1, -0.05) is 72.8 Å². The van der Waals surface area contributed by atoms with Crippen molar-refractivity contribution in [3.05, 3.63) is 77.9 Å². The molecule has 1 N–H and O–H groups in total. The molecule has 126 valence electrons. The van der Waals surface area contributed by atoms with Crippen molar-refractivity contribution in [1.29, 1.82) is 0 Å². The fourth-order valence-corrected chi connectivity index (χ4v) is 3.26. The van der Waals surface area contributed by atoms with E-state index in [9.17, 15) is 9.59 Å². The summed E-state index contributed by atoms with van der Waals surface area (Å²) in [4.78, 5) is 25.9. The second kappa shape index (κ2) is 6.43. The van der Waals surface area contributed by atoms with Crippen molar-refractivity contribution in [2.45, 2.75) is 12.2 Å². The zero-order valence-corrected chi connectivity index (χ0v) is 13.5. The third-order valence-corrected chi connectivity index (χ3v) is 4.62. The van der Waals surface area contributed by atoms with Crippen LogP contribution in [0.1, 0.15) is 17.2 Å². The molecular formula is C20H18N2O3. The number of nitrogens with zero attached hydrogens (tertiary/aromatic N) is 1. The highest BCUT2D eigenvalue weighted by molar-refractivity contribution is 5.90. The maximum absolute atomic E-state index is 12.2. The maximum Gasteiger partial charge on any atom is 0.412 e. The second-order valence-corrected chi connectivity index (χ2v) is 6.16. The standard InChI is InChI=1S/C20H18N2O3/c23-19-16(12-11-14-7-3-1-4-8-14)18(21-19)22-17(13-25-20(22)24)15-9-5-2-6-10-15/h1-12,16-18H,13H2,(H,21,23)/t16-,17+,18+/m1/s1. The highest BCUT2D eigenvalue weighted by Crippen LogP contribution is 2.34. The molecule has 0 radical (unpaired) electrons. The van der Waals surface area contributed by atoms with E-state index in [1.54, 1.807) is 4.90 Å². The van der Waals surface area contributed by atoms with E-state index in [0.29, 0.717) is 6.61 Å². The van der Waals surface area contributed by atoms with Gasteiger partial charge in [0.05, 0.1) is 12.0 Å². The number of rotatable bonds is 4. The van der Waals surface area contributed by atoms with Crippen molar-refractivity contribution in [2.75, 3.05) is 6.61 Å². The lowest BCUT2D eigenvalue weighted by Gasteiger charge is -2.42. The van der Waals surface area contributed by atoms with Crippen LogP contribution in [0.2, 0.25) is 0 Å². The Morgan fingerprint density at radius 3 is 2.36 bits per heavy atom. The zero-order chi connectivity index (χ0) is 17.2. The van der Waals surface area contributed by atoms with E-state index in [4.69, 9.17) is 4.74 Å². The lowest BCUT2D eigenvalue weighted by atomic mass is 9.92. The molecule has 2 aromatic carbocycles. The summed E-state index contributed by atoms with van der Waals surface area (Å²) < 4.78 is 5.25. The summed E-state index contributed by atoms with van der Waals surface area (Å²) >= 11 is 0. The number of hydrogen-bond acceptors (Lipinski definition) is 3. The average molecular weight is 334 g/mol. The first-order valence-corrected chi connectivity index (χ1v) is 8.28. The Morgan fingerprint density at radius 2 is 1.68 bits per heavy atom. The molecule has 0 unspecified atom stereocenters. The van der Waals surface area contributed by atoms with E-state index in [-0.39, 0.29) is 24.0 Å². The van der Waals surface area contributed by atoms with E-state index in [0.717, 1.165) is 11.1 Å². The van der Waals surface area contributed by atoms with Gasteiger partial charge < -0.3 is 10.1 Å². The summed E-state index contributed by atoms with van der Waals surface area (Å²) in [6.07, 6.45) is 2.99. The van der Waals surface area contributed by atoms with Gasteiger partial charge >= 0.3 is 6.09 Å². The first-order valence-electron chi connectivity index (χ1n) is 8.28. The molecule has 2 fully saturated rings. The predicted octanol–water partition coefficient (Wildman–Crippen LogP) is 2.97. The summed E-state index contributed by atoms with van der Waals surface area (Å²) in [6, 6.07) is 19.3. The minimum atomic E-state index is -0.392. The molecule has 0 spiro atoms. The van der Waals surface area contributed by atoms with Gasteiger partial charge in [-0.2, -0.15) is 0 Å². The van der Waals surface area contributed by atoms with Crippen LogP contribution in [0.5, 0.6) is 0 Å². The Hall–Kier alpha value is -3.08. The summed E-state index contributed by atoms with van der Waals surface area (Å²) in [7, 11) is 0. The Balaban J connectivity index is 1.56. The van der Waals surface area contributed by atoms with Crippen molar-refractivity contribution in [3.8, 4) is 0 Å². The summed E-state index contributed by atoms with van der Waals surface area (Å²) in [5, 5.41) is 2.84. The molecule has 5 nitrogen and oxygen atoms in total. The first kappa shape index (κ1) is 15.4. The number of nitrogens with one attached hydrogen (secondary N) is 1. The number of cyclic esters (lactones) is 1. The van der Waals surface area contributed by atoms with Crippen molar-refractivity contribution >= 4 is 18.1 Å². The SMILES string of the molecule is O=C1N[C@@H](N2C(=O)OC[C@H]2c2ccccc2)[C@H]1C=Cc1ccccc1. The van der Waals surface area contributed by atoms with Crippen molar-refractivity contribution in [3.63, 3.8) is 0 Å². The van der Waals surface area contributed by atoms with Crippen LogP contribution in [-0.2, 0) is 9.53 Å². The van der Waals surface area contributed by atoms with Gasteiger partial charge in [-0.25, -0.2) is 4.79 Å². The van der Waals surface area contributed by atoms with Crippen LogP contribution in [0.25, 0.3) is 6.08 Å². The van der Waals surface area contributed by atoms with Crippen molar-refractivity contribution in [1.82, 2.24) is 10.2 Å². The number of benzene rings is 2. The highest BCUT2D eigenvalue weighted by atomic mass is 16.6. The molecule has 2 amide bonds. The molecule has 25 heavy (non-hydrogen) atoms. The van der Waals surface area contributed by atoms with E-state index < -0.39 is 6.09 Å². The summed E-state index contributed by atoms with van der Waals surface area (Å²) in [6.45, 7) is 0.296. The van der Waals surface area contributed by atoms with E-state index in [1.807, 2.05) is 72.8 Å². The van der Waals surface area contributed by atoms with Gasteiger partial charge in [0, 0.05) is 0 Å². The van der Waals surface area contributed by atoms with Crippen LogP contribution < -0.4 is 5.32 Å². The second-order valence-electron chi connectivity index (χ2n) is 6.16. The van der Waals surface area contributed by atoms with Crippen LogP contribution in [-0.4, -0.2) is 29.7 Å². The van der Waals surface area contributed by atoms with Gasteiger partial charge in [0.25, 0.3) is 0 Å². The number of hydrogen-bond donors (Lipinski definition) is 1. The Labute approximate surface area is 145 Å². The highest BCUT2D eigenvalue weighted by Gasteiger charge is 2.49. The van der Waals surface area contributed by atoms with Gasteiger partial charge in [0.15, 0.2) is 0 Å². The van der Waals surface area contributed by atoms with Crippen molar-refractivity contribution < 1.29 is 14.3 Å². The van der Waals surface area contributed by atoms with E-state index in [2.05, 4.69) is 5.32 Å². The van der Waals surface area contributed by atoms with Crippen LogP contribution in [0, 0.1) is 5.92 Å². The maximum atomic E-state index is 12.2. The predicted molar refractivity (Wildman–Crippen MR) is 93.3 cm³/mol. The molecule has 2 saturated heterocycles. The van der Waals surface area contributed by atoms with Crippen LogP contribution in [0.4, 0.5) is 4.79 Å². The molecule has 3 atom stereocenters. The molecule has 5 heteroatoms. The number of carbonyl (C=O) groups is 2. The molecule has 0 bridgehead atoms. The summed E-state index contributed by atoms with van der Waals surface area (Å²) in [5.41, 5.74) is 2.02. The molecule has 0 saturated carbocycles. The molecule has 0 aromatic heterocycles. The molecular weight excluding hydrogens is 316 g/mol. The van der Waals surface area contributed by atoms with Crippen LogP contribution in [0.15, 0.2) is 66.7 Å². The quantitative estimate of drug-likeness (QED) is 0.875. The topological polar surface area (TPSA) is 58.6 Å². The largest absolute Gasteiger partial charge is 0.447 e. The number of ether oxygens (including phenoxy) is 1. The lowest BCUT2D eigenvalue weighted by molar-refractivity contribution is -0.137. The zero-order valence-electron chi connectivity index (χ0n) is 13.5. The van der Waals surface area contributed by atoms with Gasteiger partial charge in [0.1, 0.15) is 12.8 Å². The summed E-state index contributed by atoms with van der Waals surface area (Å²) in [5.74, 6) is -0.458. The molecule has 0 aliphatic carbocycles.